The van der Waals surface area contributed by atoms with Crippen molar-refractivity contribution in [1.82, 2.24) is 19.4 Å². The summed E-state index contributed by atoms with van der Waals surface area (Å²) < 4.78 is 2.22. The number of carbonyl (C=O) groups is 1. The third kappa shape index (κ3) is 2.57. The number of imidazole rings is 1. The molecule has 1 amide bonds. The summed E-state index contributed by atoms with van der Waals surface area (Å²) in [4.78, 5) is 22.5. The number of pyridine rings is 1. The molecule has 0 saturated heterocycles. The molecule has 0 aliphatic carbocycles. The molecule has 0 saturated carbocycles. The highest BCUT2D eigenvalue weighted by atomic mass is 16.1. The zero-order valence-electron chi connectivity index (χ0n) is 12.6. The minimum Gasteiger partial charge on any atom is -0.366 e. The number of amides is 1. The van der Waals surface area contributed by atoms with Crippen molar-refractivity contribution < 1.29 is 4.79 Å². The molecule has 1 aromatic carbocycles. The summed E-state index contributed by atoms with van der Waals surface area (Å²) >= 11 is 0. The van der Waals surface area contributed by atoms with E-state index in [2.05, 4.69) is 25.5 Å². The van der Waals surface area contributed by atoms with Gasteiger partial charge in [0.15, 0.2) is 0 Å². The molecule has 0 unspecified atom stereocenters. The third-order valence-corrected chi connectivity index (χ3v) is 4.25. The van der Waals surface area contributed by atoms with Crippen LogP contribution in [-0.2, 0) is 19.6 Å². The second-order valence-corrected chi connectivity index (χ2v) is 5.82. The van der Waals surface area contributed by atoms with E-state index < -0.39 is 5.91 Å². The zero-order chi connectivity index (χ0) is 15.8. The summed E-state index contributed by atoms with van der Waals surface area (Å²) in [7, 11) is 0. The Balaban J connectivity index is 1.62. The highest BCUT2D eigenvalue weighted by molar-refractivity contribution is 5.96. The van der Waals surface area contributed by atoms with Crippen LogP contribution in [0.25, 0.3) is 11.0 Å². The van der Waals surface area contributed by atoms with E-state index in [1.165, 1.54) is 5.56 Å². The van der Waals surface area contributed by atoms with Gasteiger partial charge in [-0.2, -0.15) is 0 Å². The summed E-state index contributed by atoms with van der Waals surface area (Å²) in [5.74, 6) is 0.604. The van der Waals surface area contributed by atoms with Crippen molar-refractivity contribution in [3.63, 3.8) is 0 Å². The first-order valence-corrected chi connectivity index (χ1v) is 7.61. The average molecular weight is 307 g/mol. The lowest BCUT2D eigenvalue weighted by atomic mass is 10.2. The second-order valence-electron chi connectivity index (χ2n) is 5.82. The Hall–Kier alpha value is -2.73. The Kier molecular flexibility index (Phi) is 3.31. The van der Waals surface area contributed by atoms with E-state index in [0.717, 1.165) is 43.0 Å². The van der Waals surface area contributed by atoms with Crippen LogP contribution in [0.1, 0.15) is 21.7 Å². The Morgan fingerprint density at radius 2 is 2.17 bits per heavy atom. The molecule has 116 valence electrons. The van der Waals surface area contributed by atoms with E-state index in [9.17, 15) is 4.79 Å². The van der Waals surface area contributed by atoms with E-state index in [-0.39, 0.29) is 0 Å². The minimum absolute atomic E-state index is 0.420. The van der Waals surface area contributed by atoms with Gasteiger partial charge in [-0.05, 0) is 29.8 Å². The van der Waals surface area contributed by atoms with Crippen LogP contribution < -0.4 is 5.73 Å². The fraction of sp³-hybridized carbons (Fsp3) is 0.235. The molecule has 0 radical (unpaired) electrons. The van der Waals surface area contributed by atoms with Gasteiger partial charge in [0.2, 0.25) is 5.91 Å². The minimum atomic E-state index is -0.420. The van der Waals surface area contributed by atoms with Gasteiger partial charge >= 0.3 is 0 Å². The van der Waals surface area contributed by atoms with Gasteiger partial charge in [-0.25, -0.2) is 4.98 Å². The average Bonchev–Trinajstić information content (AvgIpc) is 2.92. The van der Waals surface area contributed by atoms with Crippen LogP contribution in [0, 0.1) is 0 Å². The van der Waals surface area contributed by atoms with Gasteiger partial charge in [-0.1, -0.05) is 6.07 Å². The number of rotatable bonds is 3. The van der Waals surface area contributed by atoms with Crippen LogP contribution in [-0.4, -0.2) is 31.9 Å². The van der Waals surface area contributed by atoms with E-state index in [1.54, 1.807) is 18.3 Å². The fourth-order valence-corrected chi connectivity index (χ4v) is 3.11. The van der Waals surface area contributed by atoms with Gasteiger partial charge in [0.05, 0.1) is 17.6 Å². The number of benzene rings is 1. The lowest BCUT2D eigenvalue weighted by Crippen LogP contribution is -2.33. The molecule has 2 N–H and O–H groups in total. The van der Waals surface area contributed by atoms with Crippen LogP contribution in [0.4, 0.5) is 0 Å². The van der Waals surface area contributed by atoms with Crippen LogP contribution in [0.3, 0.4) is 0 Å². The van der Waals surface area contributed by atoms with Crippen LogP contribution >= 0.6 is 0 Å². The zero-order valence-corrected chi connectivity index (χ0v) is 12.6. The highest BCUT2D eigenvalue weighted by Gasteiger charge is 2.20. The second kappa shape index (κ2) is 5.48. The number of nitrogens with two attached hydrogens (primary N) is 1. The van der Waals surface area contributed by atoms with E-state index in [0.29, 0.717) is 5.56 Å². The lowest BCUT2D eigenvalue weighted by Gasteiger charge is -2.27. The molecule has 0 fully saturated rings. The molecule has 0 atom stereocenters. The standard InChI is InChI=1S/C17H17N5O/c18-17(23)13-3-4-15-14(8-13)20-16-11-21(6-7-22(15)16)10-12-2-1-5-19-9-12/h1-5,8-9H,6-7,10-11H2,(H2,18,23). The van der Waals surface area contributed by atoms with E-state index >= 15 is 0 Å². The normalized spacial score (nSPS) is 14.8. The number of hydrogen-bond acceptors (Lipinski definition) is 4. The molecular weight excluding hydrogens is 290 g/mol. The largest absolute Gasteiger partial charge is 0.366 e. The summed E-state index contributed by atoms with van der Waals surface area (Å²) in [5.41, 5.74) is 8.94. The van der Waals surface area contributed by atoms with Crippen molar-refractivity contribution in [2.75, 3.05) is 6.54 Å². The number of fused-ring (bicyclic) bond motifs is 3. The molecular formula is C17H17N5O. The molecule has 0 bridgehead atoms. The maximum Gasteiger partial charge on any atom is 0.248 e. The van der Waals surface area contributed by atoms with Crippen molar-refractivity contribution in [2.24, 2.45) is 5.73 Å². The Morgan fingerprint density at radius 3 is 2.96 bits per heavy atom. The van der Waals surface area contributed by atoms with Crippen LogP contribution in [0.2, 0.25) is 0 Å². The summed E-state index contributed by atoms with van der Waals surface area (Å²) in [6, 6.07) is 9.52. The Morgan fingerprint density at radius 1 is 1.26 bits per heavy atom. The van der Waals surface area contributed by atoms with Crippen molar-refractivity contribution >= 4 is 16.9 Å². The van der Waals surface area contributed by atoms with E-state index in [4.69, 9.17) is 5.73 Å². The summed E-state index contributed by atoms with van der Waals surface area (Å²) in [6.45, 7) is 3.51. The van der Waals surface area contributed by atoms with Gasteiger partial charge in [-0.15, -0.1) is 0 Å². The first-order chi connectivity index (χ1) is 11.2. The SMILES string of the molecule is NC(=O)c1ccc2c(c1)nc1n2CCN(Cc2cccnc2)C1. The predicted molar refractivity (Wildman–Crippen MR) is 86.6 cm³/mol. The number of hydrogen-bond donors (Lipinski definition) is 1. The van der Waals surface area contributed by atoms with Crippen molar-refractivity contribution in [3.8, 4) is 0 Å². The van der Waals surface area contributed by atoms with Gasteiger partial charge in [-0.3, -0.25) is 14.7 Å². The summed E-state index contributed by atoms with van der Waals surface area (Å²) in [6.07, 6.45) is 3.69. The molecule has 0 spiro atoms. The number of nitrogens with zero attached hydrogens (tertiary/aromatic N) is 4. The van der Waals surface area contributed by atoms with Crippen molar-refractivity contribution in [2.45, 2.75) is 19.6 Å². The summed E-state index contributed by atoms with van der Waals surface area (Å²) in [5, 5.41) is 0. The van der Waals surface area contributed by atoms with Gasteiger partial charge in [0, 0.05) is 37.6 Å². The molecule has 2 aromatic heterocycles. The maximum atomic E-state index is 11.3. The molecule has 1 aliphatic rings. The number of primary amides is 1. The Labute approximate surface area is 133 Å². The predicted octanol–water partition coefficient (Wildman–Crippen LogP) is 1.55. The van der Waals surface area contributed by atoms with Crippen molar-refractivity contribution in [1.29, 1.82) is 0 Å². The highest BCUT2D eigenvalue weighted by Crippen LogP contribution is 2.22. The molecule has 23 heavy (non-hydrogen) atoms. The molecule has 6 heteroatoms. The van der Waals surface area contributed by atoms with Gasteiger partial charge < -0.3 is 10.3 Å². The first kappa shape index (κ1) is 13.9. The van der Waals surface area contributed by atoms with Gasteiger partial charge in [0.1, 0.15) is 5.82 Å². The number of carbonyl (C=O) groups excluding carboxylic acids is 1. The molecule has 3 aromatic rings. The maximum absolute atomic E-state index is 11.3. The lowest BCUT2D eigenvalue weighted by molar-refractivity contribution is 0.100. The molecule has 1 aliphatic heterocycles. The Bertz CT molecular complexity index is 871. The van der Waals surface area contributed by atoms with E-state index in [1.807, 2.05) is 18.3 Å². The van der Waals surface area contributed by atoms with Crippen molar-refractivity contribution in [3.05, 3.63) is 59.7 Å². The number of aromatic nitrogens is 3. The van der Waals surface area contributed by atoms with Crippen LogP contribution in [0.15, 0.2) is 42.7 Å². The fourth-order valence-electron chi connectivity index (χ4n) is 3.11. The smallest absolute Gasteiger partial charge is 0.248 e. The molecule has 6 nitrogen and oxygen atoms in total. The first-order valence-electron chi connectivity index (χ1n) is 7.61. The monoisotopic (exact) mass is 307 g/mol. The van der Waals surface area contributed by atoms with Crippen LogP contribution in [0.5, 0.6) is 0 Å². The third-order valence-electron chi connectivity index (χ3n) is 4.25. The quantitative estimate of drug-likeness (QED) is 0.796. The topological polar surface area (TPSA) is 77.0 Å². The molecule has 3 heterocycles. The van der Waals surface area contributed by atoms with Gasteiger partial charge in [0.25, 0.3) is 0 Å². The molecule has 4 rings (SSSR count).